The van der Waals surface area contributed by atoms with Gasteiger partial charge in [-0.05, 0) is 109 Å². The van der Waals surface area contributed by atoms with E-state index in [0.29, 0.717) is 23.7 Å². The topological polar surface area (TPSA) is 37.3 Å². The van der Waals surface area contributed by atoms with Gasteiger partial charge in [0.05, 0.1) is 6.10 Å². The van der Waals surface area contributed by atoms with E-state index in [2.05, 4.69) is 41.5 Å². The van der Waals surface area contributed by atoms with E-state index in [-0.39, 0.29) is 11.2 Å². The fourth-order valence-corrected chi connectivity index (χ4v) is 9.27. The molecule has 3 saturated carbocycles. The van der Waals surface area contributed by atoms with Gasteiger partial charge in [0.1, 0.15) is 0 Å². The molecule has 0 aromatic rings. The van der Waals surface area contributed by atoms with Gasteiger partial charge in [-0.15, -0.1) is 0 Å². The molecule has 0 amide bonds. The lowest BCUT2D eigenvalue weighted by Crippen LogP contribution is -2.54. The van der Waals surface area contributed by atoms with Gasteiger partial charge in [-0.25, -0.2) is 0 Å². The maximum absolute atomic E-state index is 12.1. The predicted molar refractivity (Wildman–Crippen MR) is 129 cm³/mol. The van der Waals surface area contributed by atoms with Gasteiger partial charge in [0, 0.05) is 6.42 Å². The fraction of sp³-hybridized carbons (Fsp3) is 0.897. The van der Waals surface area contributed by atoms with Crippen molar-refractivity contribution in [2.24, 2.45) is 52.3 Å². The third-order valence-electron chi connectivity index (χ3n) is 11.2. The van der Waals surface area contributed by atoms with Gasteiger partial charge in [-0.2, -0.15) is 0 Å². The first-order valence-corrected chi connectivity index (χ1v) is 13.5. The zero-order chi connectivity index (χ0) is 22.6. The lowest BCUT2D eigenvalue weighted by atomic mass is 9.46. The standard InChI is InChI=1S/C29H48O2/c1-7-20(18(2)3)9-8-19(4)23-10-11-24-22-17-27(31)26-16-21(30)12-14-29(26,6)25(22)13-15-28(23,24)5/h16,18-20,22-25,27,31H,7-15,17H2,1-6H3/t19-,20?,22+,23-,24+,25+,27+,28-,29-/m1/s1. The zero-order valence-corrected chi connectivity index (χ0v) is 21.1. The Morgan fingerprint density at radius 2 is 1.81 bits per heavy atom. The van der Waals surface area contributed by atoms with Gasteiger partial charge in [-0.3, -0.25) is 4.79 Å². The summed E-state index contributed by atoms with van der Waals surface area (Å²) in [4.78, 5) is 12.1. The van der Waals surface area contributed by atoms with Crippen LogP contribution in [0.1, 0.15) is 106 Å². The van der Waals surface area contributed by atoms with Gasteiger partial charge < -0.3 is 5.11 Å². The van der Waals surface area contributed by atoms with Crippen molar-refractivity contribution in [2.45, 2.75) is 112 Å². The normalized spacial score (nSPS) is 44.3. The molecule has 0 heterocycles. The molecule has 176 valence electrons. The maximum Gasteiger partial charge on any atom is 0.155 e. The first-order valence-electron chi connectivity index (χ1n) is 13.5. The Hall–Kier alpha value is -0.630. The highest BCUT2D eigenvalue weighted by Crippen LogP contribution is 2.67. The minimum absolute atomic E-state index is 0.0485. The lowest BCUT2D eigenvalue weighted by Gasteiger charge is -2.59. The van der Waals surface area contributed by atoms with Crippen molar-refractivity contribution in [1.82, 2.24) is 0 Å². The Bertz CT molecular complexity index is 708. The highest BCUT2D eigenvalue weighted by Gasteiger charge is 2.60. The molecule has 1 unspecified atom stereocenters. The molecular formula is C29H48O2. The molecule has 0 bridgehead atoms. The molecule has 2 heteroatoms. The molecule has 9 atom stereocenters. The molecule has 3 fully saturated rings. The third kappa shape index (κ3) is 3.87. The smallest absolute Gasteiger partial charge is 0.155 e. The number of aliphatic hydroxyl groups excluding tert-OH is 1. The maximum atomic E-state index is 12.1. The Labute approximate surface area is 191 Å². The molecule has 4 aliphatic carbocycles. The molecule has 1 N–H and O–H groups in total. The van der Waals surface area contributed by atoms with Crippen molar-refractivity contribution >= 4 is 5.78 Å². The number of carbonyl (C=O) groups is 1. The average Bonchev–Trinajstić information content (AvgIpc) is 3.07. The van der Waals surface area contributed by atoms with Gasteiger partial charge in [0.2, 0.25) is 0 Å². The summed E-state index contributed by atoms with van der Waals surface area (Å²) in [5, 5.41) is 11.1. The Morgan fingerprint density at radius 1 is 1.06 bits per heavy atom. The number of hydrogen-bond donors (Lipinski definition) is 1. The van der Waals surface area contributed by atoms with E-state index in [0.717, 1.165) is 48.0 Å². The number of fused-ring (bicyclic) bond motifs is 5. The zero-order valence-electron chi connectivity index (χ0n) is 21.1. The van der Waals surface area contributed by atoms with Gasteiger partial charge >= 0.3 is 0 Å². The van der Waals surface area contributed by atoms with Crippen LogP contribution in [-0.4, -0.2) is 17.0 Å². The molecule has 0 saturated heterocycles. The summed E-state index contributed by atoms with van der Waals surface area (Å²) in [7, 11) is 0. The Kier molecular flexibility index (Phi) is 6.54. The van der Waals surface area contributed by atoms with Crippen LogP contribution in [0, 0.1) is 52.3 Å². The number of rotatable bonds is 6. The molecule has 0 aromatic heterocycles. The van der Waals surface area contributed by atoms with E-state index in [1.165, 1.54) is 44.9 Å². The van der Waals surface area contributed by atoms with E-state index < -0.39 is 6.10 Å². The van der Waals surface area contributed by atoms with Crippen LogP contribution in [0.15, 0.2) is 11.6 Å². The SMILES string of the molecule is CCC(CC[C@@H](C)[C@H]1CC[C@H]2[C@@H]3C[C@H](O)C4=CC(=O)CC[C@]4(C)[C@H]3CC[C@]12C)C(C)C. The van der Waals surface area contributed by atoms with Crippen molar-refractivity contribution in [1.29, 1.82) is 0 Å². The lowest BCUT2D eigenvalue weighted by molar-refractivity contribution is -0.119. The predicted octanol–water partition coefficient (Wildman–Crippen LogP) is 7.20. The van der Waals surface area contributed by atoms with Gasteiger partial charge in [-0.1, -0.05) is 54.4 Å². The van der Waals surface area contributed by atoms with Gasteiger partial charge in [0.25, 0.3) is 0 Å². The van der Waals surface area contributed by atoms with E-state index in [4.69, 9.17) is 0 Å². The monoisotopic (exact) mass is 428 g/mol. The number of carbonyl (C=O) groups excluding carboxylic acids is 1. The van der Waals surface area contributed by atoms with Crippen molar-refractivity contribution in [3.05, 3.63) is 11.6 Å². The van der Waals surface area contributed by atoms with Crippen LogP contribution >= 0.6 is 0 Å². The molecule has 4 aliphatic rings. The molecule has 0 spiro atoms. The first-order chi connectivity index (χ1) is 14.6. The number of ketones is 1. The second-order valence-electron chi connectivity index (χ2n) is 12.8. The summed E-state index contributed by atoms with van der Waals surface area (Å²) < 4.78 is 0. The minimum atomic E-state index is -0.398. The van der Waals surface area contributed by atoms with Crippen LogP contribution in [0.25, 0.3) is 0 Å². The molecule has 2 nitrogen and oxygen atoms in total. The summed E-state index contributed by atoms with van der Waals surface area (Å²) in [6, 6.07) is 0. The number of aliphatic hydroxyl groups is 1. The van der Waals surface area contributed by atoms with Crippen LogP contribution in [0.3, 0.4) is 0 Å². The van der Waals surface area contributed by atoms with E-state index >= 15 is 0 Å². The highest BCUT2D eigenvalue weighted by molar-refractivity contribution is 5.91. The molecule has 0 aliphatic heterocycles. The second kappa shape index (κ2) is 8.62. The van der Waals surface area contributed by atoms with Crippen LogP contribution < -0.4 is 0 Å². The van der Waals surface area contributed by atoms with E-state index in [1.54, 1.807) is 0 Å². The molecule has 0 aromatic carbocycles. The third-order valence-corrected chi connectivity index (χ3v) is 11.2. The number of hydrogen-bond acceptors (Lipinski definition) is 2. The quantitative estimate of drug-likeness (QED) is 0.485. The molecule has 0 radical (unpaired) electrons. The summed E-state index contributed by atoms with van der Waals surface area (Å²) in [5.41, 5.74) is 1.57. The van der Waals surface area contributed by atoms with Crippen LogP contribution in [0.5, 0.6) is 0 Å². The largest absolute Gasteiger partial charge is 0.389 e. The van der Waals surface area contributed by atoms with Crippen molar-refractivity contribution in [3.63, 3.8) is 0 Å². The average molecular weight is 429 g/mol. The highest BCUT2D eigenvalue weighted by atomic mass is 16.3. The van der Waals surface area contributed by atoms with Crippen LogP contribution in [-0.2, 0) is 4.79 Å². The van der Waals surface area contributed by atoms with Crippen LogP contribution in [0.4, 0.5) is 0 Å². The summed E-state index contributed by atoms with van der Waals surface area (Å²) >= 11 is 0. The minimum Gasteiger partial charge on any atom is -0.389 e. The molecule has 31 heavy (non-hydrogen) atoms. The summed E-state index contributed by atoms with van der Waals surface area (Å²) in [6.07, 6.45) is 13.4. The van der Waals surface area contributed by atoms with Gasteiger partial charge in [0.15, 0.2) is 5.78 Å². The van der Waals surface area contributed by atoms with Crippen molar-refractivity contribution < 1.29 is 9.90 Å². The van der Waals surface area contributed by atoms with E-state index in [1.807, 2.05) is 6.08 Å². The molecular weight excluding hydrogens is 380 g/mol. The Morgan fingerprint density at radius 3 is 2.48 bits per heavy atom. The van der Waals surface area contributed by atoms with Crippen molar-refractivity contribution in [2.75, 3.05) is 0 Å². The van der Waals surface area contributed by atoms with E-state index in [9.17, 15) is 9.90 Å². The van der Waals surface area contributed by atoms with Crippen molar-refractivity contribution in [3.8, 4) is 0 Å². The first kappa shape index (κ1) is 23.5. The van der Waals surface area contributed by atoms with Crippen LogP contribution in [0.2, 0.25) is 0 Å². The summed E-state index contributed by atoms with van der Waals surface area (Å²) in [5.74, 6) is 5.62. The Balaban J connectivity index is 1.51. The fourth-order valence-electron chi connectivity index (χ4n) is 9.27. The summed E-state index contributed by atoms with van der Waals surface area (Å²) in [6.45, 7) is 14.7. The molecule has 4 rings (SSSR count). The second-order valence-corrected chi connectivity index (χ2v) is 12.8.